The Balaban J connectivity index is 2.03. The Labute approximate surface area is 148 Å². The van der Waals surface area contributed by atoms with Crippen LogP contribution in [0.25, 0.3) is 0 Å². The lowest BCUT2D eigenvalue weighted by atomic mass is 10.2. The summed E-state index contributed by atoms with van der Waals surface area (Å²) in [6.45, 7) is 7.66. The third-order valence-corrected chi connectivity index (χ3v) is 4.11. The lowest BCUT2D eigenvalue weighted by Gasteiger charge is -2.13. The Morgan fingerprint density at radius 1 is 1.17 bits per heavy atom. The summed E-state index contributed by atoms with van der Waals surface area (Å²) in [7, 11) is 3.23. The van der Waals surface area contributed by atoms with E-state index in [-0.39, 0.29) is 0 Å². The average Bonchev–Trinajstić information content (AvgIpc) is 2.86. The maximum Gasteiger partial charge on any atom is 0.171 e. The molecule has 0 unspecified atom stereocenters. The highest BCUT2D eigenvalue weighted by Crippen LogP contribution is 2.25. The smallest absolute Gasteiger partial charge is 0.171 e. The van der Waals surface area contributed by atoms with Crippen LogP contribution in [0.2, 0.25) is 0 Å². The van der Waals surface area contributed by atoms with E-state index < -0.39 is 0 Å². The molecule has 2 aromatic rings. The molecular weight excluding hydrogens is 324 g/mol. The summed E-state index contributed by atoms with van der Waals surface area (Å²) >= 11 is 5.38. The molecule has 0 spiro atoms. The zero-order valence-electron chi connectivity index (χ0n) is 14.8. The molecule has 0 bridgehead atoms. The molecule has 0 aliphatic rings. The molecule has 130 valence electrons. The largest absolute Gasteiger partial charge is 0.497 e. The van der Waals surface area contributed by atoms with Crippen molar-refractivity contribution in [1.82, 2.24) is 15.1 Å². The van der Waals surface area contributed by atoms with Crippen molar-refractivity contribution < 1.29 is 9.47 Å². The van der Waals surface area contributed by atoms with E-state index in [2.05, 4.69) is 29.6 Å². The molecule has 0 amide bonds. The Morgan fingerprint density at radius 3 is 2.29 bits per heavy atom. The second-order valence-electron chi connectivity index (χ2n) is 5.37. The number of thiocarbonyl (C=S) groups is 1. The van der Waals surface area contributed by atoms with E-state index in [0.717, 1.165) is 23.6 Å². The van der Waals surface area contributed by atoms with Crippen LogP contribution in [0.15, 0.2) is 18.2 Å². The second kappa shape index (κ2) is 8.01. The quantitative estimate of drug-likeness (QED) is 0.783. The van der Waals surface area contributed by atoms with Crippen LogP contribution in [-0.2, 0) is 13.1 Å². The highest BCUT2D eigenvalue weighted by Gasteiger charge is 2.11. The molecule has 0 saturated heterocycles. The molecule has 1 aromatic heterocycles. The van der Waals surface area contributed by atoms with Crippen molar-refractivity contribution in [3.05, 3.63) is 35.2 Å². The average molecular weight is 348 g/mol. The molecule has 0 saturated carbocycles. The van der Waals surface area contributed by atoms with E-state index in [1.165, 1.54) is 5.56 Å². The van der Waals surface area contributed by atoms with Gasteiger partial charge in [-0.2, -0.15) is 5.10 Å². The monoisotopic (exact) mass is 348 g/mol. The number of aromatic nitrogens is 2. The van der Waals surface area contributed by atoms with Gasteiger partial charge in [0.1, 0.15) is 11.5 Å². The molecule has 0 atom stereocenters. The molecular formula is C17H24N4O2S. The van der Waals surface area contributed by atoms with Crippen molar-refractivity contribution in [3.8, 4) is 11.5 Å². The maximum atomic E-state index is 5.38. The Bertz CT molecular complexity index is 705. The first kappa shape index (κ1) is 18.1. The molecule has 2 N–H and O–H groups in total. The fourth-order valence-corrected chi connectivity index (χ4v) is 2.71. The predicted octanol–water partition coefficient (Wildman–Crippen LogP) is 3.02. The SMILES string of the molecule is CCn1nc(C)c(CNC(=S)Nc2cc(OC)cc(OC)c2)c1C. The first-order chi connectivity index (χ1) is 11.5. The Hall–Kier alpha value is -2.28. The molecule has 2 rings (SSSR count). The Kier molecular flexibility index (Phi) is 6.03. The van der Waals surface area contributed by atoms with Crippen LogP contribution in [0.4, 0.5) is 5.69 Å². The normalized spacial score (nSPS) is 10.4. The van der Waals surface area contributed by atoms with Gasteiger partial charge in [0.15, 0.2) is 5.11 Å². The fourth-order valence-electron chi connectivity index (χ4n) is 2.52. The summed E-state index contributed by atoms with van der Waals surface area (Å²) in [6.07, 6.45) is 0. The third kappa shape index (κ3) is 4.17. The predicted molar refractivity (Wildman–Crippen MR) is 100.0 cm³/mol. The van der Waals surface area contributed by atoms with E-state index in [9.17, 15) is 0 Å². The molecule has 24 heavy (non-hydrogen) atoms. The highest BCUT2D eigenvalue weighted by molar-refractivity contribution is 7.80. The molecule has 1 aromatic carbocycles. The summed E-state index contributed by atoms with van der Waals surface area (Å²) < 4.78 is 12.5. The van der Waals surface area contributed by atoms with Gasteiger partial charge >= 0.3 is 0 Å². The summed E-state index contributed by atoms with van der Waals surface area (Å²) in [5, 5.41) is 11.4. The van der Waals surface area contributed by atoms with E-state index in [1.807, 2.05) is 29.8 Å². The third-order valence-electron chi connectivity index (χ3n) is 3.87. The van der Waals surface area contributed by atoms with Crippen molar-refractivity contribution in [3.63, 3.8) is 0 Å². The van der Waals surface area contributed by atoms with Gasteiger partial charge in [0, 0.05) is 48.2 Å². The van der Waals surface area contributed by atoms with Gasteiger partial charge in [-0.1, -0.05) is 0 Å². The van der Waals surface area contributed by atoms with Crippen LogP contribution in [0.5, 0.6) is 11.5 Å². The van der Waals surface area contributed by atoms with Crippen molar-refractivity contribution in [1.29, 1.82) is 0 Å². The van der Waals surface area contributed by atoms with Gasteiger partial charge in [-0.05, 0) is 33.0 Å². The number of methoxy groups -OCH3 is 2. The van der Waals surface area contributed by atoms with Gasteiger partial charge in [-0.15, -0.1) is 0 Å². The minimum absolute atomic E-state index is 0.536. The standard InChI is InChI=1S/C17H24N4O2S/c1-6-21-12(3)16(11(2)20-21)10-18-17(24)19-13-7-14(22-4)9-15(8-13)23-5/h7-9H,6,10H2,1-5H3,(H2,18,19,24). The minimum Gasteiger partial charge on any atom is -0.497 e. The van der Waals surface area contributed by atoms with E-state index in [4.69, 9.17) is 21.7 Å². The maximum absolute atomic E-state index is 5.38. The van der Waals surface area contributed by atoms with Gasteiger partial charge in [-0.3, -0.25) is 4.68 Å². The number of hydrogen-bond acceptors (Lipinski definition) is 4. The van der Waals surface area contributed by atoms with Gasteiger partial charge in [-0.25, -0.2) is 0 Å². The van der Waals surface area contributed by atoms with Crippen molar-refractivity contribution in [2.24, 2.45) is 0 Å². The molecule has 1 heterocycles. The van der Waals surface area contributed by atoms with Crippen molar-refractivity contribution in [2.75, 3.05) is 19.5 Å². The van der Waals surface area contributed by atoms with E-state index in [1.54, 1.807) is 14.2 Å². The molecule has 0 radical (unpaired) electrons. The van der Waals surface area contributed by atoms with Crippen LogP contribution in [-0.4, -0.2) is 29.1 Å². The molecule has 7 heteroatoms. The van der Waals surface area contributed by atoms with E-state index >= 15 is 0 Å². The van der Waals surface area contributed by atoms with Gasteiger partial charge in [0.25, 0.3) is 0 Å². The summed E-state index contributed by atoms with van der Waals surface area (Å²) in [4.78, 5) is 0. The van der Waals surface area contributed by atoms with Crippen molar-refractivity contribution in [2.45, 2.75) is 33.9 Å². The topological polar surface area (TPSA) is 60.3 Å². The summed E-state index contributed by atoms with van der Waals surface area (Å²) in [5.41, 5.74) is 4.16. The van der Waals surface area contributed by atoms with Crippen LogP contribution in [0.1, 0.15) is 23.9 Å². The minimum atomic E-state index is 0.536. The van der Waals surface area contributed by atoms with Gasteiger partial charge < -0.3 is 20.1 Å². The second-order valence-corrected chi connectivity index (χ2v) is 5.78. The number of benzene rings is 1. The number of ether oxygens (including phenoxy) is 2. The van der Waals surface area contributed by atoms with Crippen LogP contribution < -0.4 is 20.1 Å². The number of hydrogen-bond donors (Lipinski definition) is 2. The lowest BCUT2D eigenvalue weighted by molar-refractivity contribution is 0.395. The van der Waals surface area contributed by atoms with Crippen LogP contribution in [0, 0.1) is 13.8 Å². The fraction of sp³-hybridized carbons (Fsp3) is 0.412. The summed E-state index contributed by atoms with van der Waals surface area (Å²) in [5.74, 6) is 1.41. The number of nitrogens with one attached hydrogen (secondary N) is 2. The zero-order valence-corrected chi connectivity index (χ0v) is 15.6. The van der Waals surface area contributed by atoms with Gasteiger partial charge in [0.2, 0.25) is 0 Å². The van der Waals surface area contributed by atoms with Crippen LogP contribution >= 0.6 is 12.2 Å². The number of aryl methyl sites for hydroxylation is 2. The Morgan fingerprint density at radius 2 is 1.79 bits per heavy atom. The first-order valence-corrected chi connectivity index (χ1v) is 8.20. The highest BCUT2D eigenvalue weighted by atomic mass is 32.1. The summed E-state index contributed by atoms with van der Waals surface area (Å²) in [6, 6.07) is 5.54. The van der Waals surface area contributed by atoms with E-state index in [0.29, 0.717) is 23.2 Å². The molecule has 0 fully saturated rings. The zero-order chi connectivity index (χ0) is 17.7. The molecule has 6 nitrogen and oxygen atoms in total. The van der Waals surface area contributed by atoms with Crippen molar-refractivity contribution >= 4 is 23.0 Å². The number of rotatable bonds is 6. The number of anilines is 1. The molecule has 0 aliphatic heterocycles. The number of nitrogens with zero attached hydrogens (tertiary/aromatic N) is 2. The molecule has 0 aliphatic carbocycles. The van der Waals surface area contributed by atoms with Crippen LogP contribution in [0.3, 0.4) is 0 Å². The van der Waals surface area contributed by atoms with Gasteiger partial charge in [0.05, 0.1) is 19.9 Å². The lowest BCUT2D eigenvalue weighted by Crippen LogP contribution is -2.28. The first-order valence-electron chi connectivity index (χ1n) is 7.79.